The van der Waals surface area contributed by atoms with Crippen molar-refractivity contribution in [3.05, 3.63) is 63.6 Å². The number of rotatable bonds is 4. The van der Waals surface area contributed by atoms with Crippen LogP contribution in [0.2, 0.25) is 0 Å². The Bertz CT molecular complexity index is 1060. The Morgan fingerprint density at radius 3 is 2.50 bits per heavy atom. The van der Waals surface area contributed by atoms with Crippen LogP contribution >= 0.6 is 0 Å². The highest BCUT2D eigenvalue weighted by Gasteiger charge is 2.37. The second-order valence-corrected chi connectivity index (χ2v) is 8.94. The number of aromatic nitrogens is 2. The summed E-state index contributed by atoms with van der Waals surface area (Å²) in [4.78, 5) is 17.3. The van der Waals surface area contributed by atoms with Crippen molar-refractivity contribution in [2.45, 2.75) is 64.2 Å². The quantitative estimate of drug-likeness (QED) is 0.703. The Labute approximate surface area is 185 Å². The number of hydrogen-bond acceptors (Lipinski definition) is 3. The molecule has 1 N–H and O–H groups in total. The van der Waals surface area contributed by atoms with Crippen LogP contribution in [-0.4, -0.2) is 39.0 Å². The van der Waals surface area contributed by atoms with Gasteiger partial charge in [-0.1, -0.05) is 30.7 Å². The van der Waals surface area contributed by atoms with Crippen LogP contribution in [0.5, 0.6) is 0 Å². The van der Waals surface area contributed by atoms with Crippen molar-refractivity contribution >= 4 is 5.91 Å². The number of amides is 1. The maximum Gasteiger partial charge on any atom is 0.416 e. The standard InChI is InChI=1S/C24H27F3N4O/c1-2-21(16-7-8-16)31-13-18-20(14-31)28-29-22(18)23(32)30-11-9-15(10-12-30)17-5-3-4-6-19(17)24(25,26)27/h3-6,15H,2,7-14H2,1H3,(H,28,29). The molecule has 2 aliphatic heterocycles. The molecule has 5 rings (SSSR count). The van der Waals surface area contributed by atoms with Crippen LogP contribution in [0, 0.1) is 0 Å². The zero-order valence-electron chi connectivity index (χ0n) is 18.1. The van der Waals surface area contributed by atoms with Crippen molar-refractivity contribution in [3.8, 4) is 0 Å². The van der Waals surface area contributed by atoms with Gasteiger partial charge in [0.05, 0.1) is 17.8 Å². The molecule has 1 aromatic heterocycles. The van der Waals surface area contributed by atoms with Crippen LogP contribution in [0.1, 0.15) is 77.8 Å². The van der Waals surface area contributed by atoms with Crippen molar-refractivity contribution in [2.24, 2.45) is 0 Å². The van der Waals surface area contributed by atoms with Crippen LogP contribution in [0.3, 0.4) is 0 Å². The molecule has 0 bridgehead atoms. The van der Waals surface area contributed by atoms with Gasteiger partial charge in [0, 0.05) is 30.9 Å². The first-order valence-electron chi connectivity index (χ1n) is 11.3. The SMILES string of the molecule is CCC(=C1CC1)N1Cc2[nH]nc(C(=O)N3CCC(c4ccccc4C(F)(F)F)CC3)c2C1. The van der Waals surface area contributed by atoms with Gasteiger partial charge in [0.15, 0.2) is 5.69 Å². The number of hydrogen-bond donors (Lipinski definition) is 1. The molecule has 1 aromatic carbocycles. The van der Waals surface area contributed by atoms with E-state index in [1.165, 1.54) is 30.2 Å². The Morgan fingerprint density at radius 1 is 1.12 bits per heavy atom. The lowest BCUT2D eigenvalue weighted by molar-refractivity contribution is -0.138. The van der Waals surface area contributed by atoms with Gasteiger partial charge in [-0.3, -0.25) is 9.89 Å². The van der Waals surface area contributed by atoms with Crippen LogP contribution in [-0.2, 0) is 19.3 Å². The third-order valence-electron chi connectivity index (χ3n) is 6.97. The number of halogens is 3. The zero-order valence-corrected chi connectivity index (χ0v) is 18.1. The fraction of sp³-hybridized carbons (Fsp3) is 0.500. The van der Waals surface area contributed by atoms with Gasteiger partial charge < -0.3 is 9.80 Å². The van der Waals surface area contributed by atoms with Crippen molar-refractivity contribution in [2.75, 3.05) is 13.1 Å². The summed E-state index contributed by atoms with van der Waals surface area (Å²) in [5.41, 5.74) is 5.10. The van der Waals surface area contributed by atoms with E-state index in [9.17, 15) is 18.0 Å². The maximum absolute atomic E-state index is 13.4. The molecule has 0 unspecified atom stereocenters. The van der Waals surface area contributed by atoms with E-state index in [-0.39, 0.29) is 11.8 Å². The van der Waals surface area contributed by atoms with Crippen LogP contribution in [0.4, 0.5) is 13.2 Å². The van der Waals surface area contributed by atoms with Gasteiger partial charge in [0.1, 0.15) is 0 Å². The molecule has 1 aliphatic carbocycles. The second-order valence-electron chi connectivity index (χ2n) is 8.94. The topological polar surface area (TPSA) is 52.2 Å². The lowest BCUT2D eigenvalue weighted by Gasteiger charge is -2.33. The fourth-order valence-corrected chi connectivity index (χ4v) is 5.21. The molecule has 170 valence electrons. The molecule has 5 nitrogen and oxygen atoms in total. The lowest BCUT2D eigenvalue weighted by atomic mass is 9.86. The van der Waals surface area contributed by atoms with Gasteiger partial charge in [-0.25, -0.2) is 0 Å². The molecular weight excluding hydrogens is 417 g/mol. The molecular formula is C24H27F3N4O. The van der Waals surface area contributed by atoms with E-state index in [4.69, 9.17) is 0 Å². The van der Waals surface area contributed by atoms with Gasteiger partial charge in [-0.2, -0.15) is 18.3 Å². The van der Waals surface area contributed by atoms with E-state index in [1.807, 2.05) is 0 Å². The maximum atomic E-state index is 13.4. The molecule has 0 radical (unpaired) electrons. The van der Waals surface area contributed by atoms with E-state index in [0.29, 0.717) is 43.7 Å². The summed E-state index contributed by atoms with van der Waals surface area (Å²) in [6, 6.07) is 5.80. The molecule has 32 heavy (non-hydrogen) atoms. The third-order valence-corrected chi connectivity index (χ3v) is 6.97. The van der Waals surface area contributed by atoms with Crippen molar-refractivity contribution in [1.82, 2.24) is 20.0 Å². The Morgan fingerprint density at radius 2 is 1.84 bits per heavy atom. The Balaban J connectivity index is 1.27. The highest BCUT2D eigenvalue weighted by atomic mass is 19.4. The number of allylic oxidation sites excluding steroid dienone is 2. The molecule has 8 heteroatoms. The average Bonchev–Trinajstić information content (AvgIpc) is 3.41. The number of fused-ring (bicyclic) bond motifs is 1. The van der Waals surface area contributed by atoms with Crippen molar-refractivity contribution in [1.29, 1.82) is 0 Å². The molecule has 1 saturated carbocycles. The predicted molar refractivity (Wildman–Crippen MR) is 114 cm³/mol. The summed E-state index contributed by atoms with van der Waals surface area (Å²) in [7, 11) is 0. The molecule has 0 spiro atoms. The lowest BCUT2D eigenvalue weighted by Crippen LogP contribution is -2.38. The van der Waals surface area contributed by atoms with Gasteiger partial charge in [-0.15, -0.1) is 0 Å². The number of alkyl halides is 3. The summed E-state index contributed by atoms with van der Waals surface area (Å²) in [5, 5.41) is 7.36. The number of nitrogens with zero attached hydrogens (tertiary/aromatic N) is 3. The van der Waals surface area contributed by atoms with E-state index >= 15 is 0 Å². The van der Waals surface area contributed by atoms with Crippen LogP contribution in [0.25, 0.3) is 0 Å². The molecule has 2 aromatic rings. The minimum atomic E-state index is -4.36. The normalized spacial score (nSPS) is 18.8. The number of likely N-dealkylation sites (tertiary alicyclic amines) is 1. The first-order chi connectivity index (χ1) is 15.4. The second kappa shape index (κ2) is 7.98. The van der Waals surface area contributed by atoms with E-state index in [2.05, 4.69) is 22.0 Å². The Hall–Kier alpha value is -2.77. The minimum Gasteiger partial charge on any atom is -0.364 e. The number of nitrogens with one attached hydrogen (secondary N) is 1. The first kappa shape index (κ1) is 21.1. The number of carbonyl (C=O) groups is 1. The number of carbonyl (C=O) groups excluding carboxylic acids is 1. The smallest absolute Gasteiger partial charge is 0.364 e. The summed E-state index contributed by atoms with van der Waals surface area (Å²) in [6.45, 7) is 4.48. The van der Waals surface area contributed by atoms with E-state index in [0.717, 1.165) is 30.3 Å². The van der Waals surface area contributed by atoms with Crippen LogP contribution < -0.4 is 0 Å². The summed E-state index contributed by atoms with van der Waals surface area (Å²) >= 11 is 0. The largest absolute Gasteiger partial charge is 0.416 e. The predicted octanol–water partition coefficient (Wildman–Crippen LogP) is 5.22. The average molecular weight is 445 g/mol. The summed E-state index contributed by atoms with van der Waals surface area (Å²) in [6.07, 6.45) is 0.00276. The van der Waals surface area contributed by atoms with Crippen LogP contribution in [0.15, 0.2) is 35.5 Å². The minimum absolute atomic E-state index is 0.121. The molecule has 0 atom stereocenters. The monoisotopic (exact) mass is 444 g/mol. The molecule has 1 amide bonds. The van der Waals surface area contributed by atoms with Crippen molar-refractivity contribution in [3.63, 3.8) is 0 Å². The number of benzene rings is 1. The highest BCUT2D eigenvalue weighted by Crippen LogP contribution is 2.40. The number of H-pyrrole nitrogens is 1. The molecule has 2 fully saturated rings. The number of aromatic amines is 1. The summed E-state index contributed by atoms with van der Waals surface area (Å²) in [5.74, 6) is -0.321. The molecule has 3 aliphatic rings. The summed E-state index contributed by atoms with van der Waals surface area (Å²) < 4.78 is 40.2. The van der Waals surface area contributed by atoms with Crippen molar-refractivity contribution < 1.29 is 18.0 Å². The number of piperidine rings is 1. The Kier molecular flexibility index (Phi) is 5.26. The molecule has 1 saturated heterocycles. The van der Waals surface area contributed by atoms with Gasteiger partial charge in [-0.05, 0) is 49.7 Å². The highest BCUT2D eigenvalue weighted by molar-refractivity contribution is 5.94. The van der Waals surface area contributed by atoms with Gasteiger partial charge in [0.25, 0.3) is 5.91 Å². The first-order valence-corrected chi connectivity index (χ1v) is 11.3. The third kappa shape index (κ3) is 3.80. The van der Waals surface area contributed by atoms with E-state index < -0.39 is 11.7 Å². The fourth-order valence-electron chi connectivity index (χ4n) is 5.21. The van der Waals surface area contributed by atoms with Gasteiger partial charge in [0.2, 0.25) is 0 Å². The molecule has 3 heterocycles. The van der Waals surface area contributed by atoms with Gasteiger partial charge >= 0.3 is 6.18 Å². The zero-order chi connectivity index (χ0) is 22.5. The van der Waals surface area contributed by atoms with E-state index in [1.54, 1.807) is 17.0 Å².